The number of hydrogen-bond donors (Lipinski definition) is 2. The van der Waals surface area contributed by atoms with Crippen molar-refractivity contribution in [3.8, 4) is 0 Å². The highest BCUT2D eigenvalue weighted by Crippen LogP contribution is 2.15. The SMILES string of the molecule is CNC(=O)[C@@H]1CNCCN1C(=O)CCN(C)c1cccc(C)c1. The van der Waals surface area contributed by atoms with Gasteiger partial charge in [-0.1, -0.05) is 12.1 Å². The zero-order valence-corrected chi connectivity index (χ0v) is 14.1. The number of aryl methyl sites for hydroxylation is 1. The van der Waals surface area contributed by atoms with E-state index in [1.54, 1.807) is 11.9 Å². The second-order valence-electron chi connectivity index (χ2n) is 5.93. The fourth-order valence-electron chi connectivity index (χ4n) is 2.81. The maximum atomic E-state index is 12.5. The number of piperazine rings is 1. The first-order valence-corrected chi connectivity index (χ1v) is 8.02. The monoisotopic (exact) mass is 318 g/mol. The van der Waals surface area contributed by atoms with E-state index in [4.69, 9.17) is 0 Å². The highest BCUT2D eigenvalue weighted by molar-refractivity contribution is 5.88. The molecular weight excluding hydrogens is 292 g/mol. The molecule has 126 valence electrons. The van der Waals surface area contributed by atoms with Crippen molar-refractivity contribution in [1.82, 2.24) is 15.5 Å². The number of benzene rings is 1. The van der Waals surface area contributed by atoms with Crippen molar-refractivity contribution in [3.05, 3.63) is 29.8 Å². The van der Waals surface area contributed by atoms with Crippen molar-refractivity contribution in [2.45, 2.75) is 19.4 Å². The summed E-state index contributed by atoms with van der Waals surface area (Å²) in [5.74, 6) is -0.0859. The Morgan fingerprint density at radius 2 is 2.22 bits per heavy atom. The molecule has 0 spiro atoms. The molecule has 1 saturated heterocycles. The van der Waals surface area contributed by atoms with Crippen LogP contribution in [0.15, 0.2) is 24.3 Å². The molecule has 1 aromatic rings. The highest BCUT2D eigenvalue weighted by Gasteiger charge is 2.31. The fourth-order valence-corrected chi connectivity index (χ4v) is 2.81. The summed E-state index contributed by atoms with van der Waals surface area (Å²) < 4.78 is 0. The molecule has 2 N–H and O–H groups in total. The van der Waals surface area contributed by atoms with Gasteiger partial charge in [-0.25, -0.2) is 0 Å². The van der Waals surface area contributed by atoms with Crippen molar-refractivity contribution >= 4 is 17.5 Å². The van der Waals surface area contributed by atoms with E-state index in [1.165, 1.54) is 5.56 Å². The van der Waals surface area contributed by atoms with Gasteiger partial charge in [-0.05, 0) is 24.6 Å². The number of likely N-dealkylation sites (N-methyl/N-ethyl adjacent to an activating group) is 1. The fraction of sp³-hybridized carbons (Fsp3) is 0.529. The molecule has 6 heteroatoms. The van der Waals surface area contributed by atoms with Crippen LogP contribution in [0, 0.1) is 6.92 Å². The molecule has 1 atom stereocenters. The lowest BCUT2D eigenvalue weighted by Gasteiger charge is -2.35. The Morgan fingerprint density at radius 1 is 1.43 bits per heavy atom. The predicted molar refractivity (Wildman–Crippen MR) is 91.5 cm³/mol. The lowest BCUT2D eigenvalue weighted by atomic mass is 10.1. The average Bonchev–Trinajstić information content (AvgIpc) is 2.58. The number of hydrogen-bond acceptors (Lipinski definition) is 4. The van der Waals surface area contributed by atoms with Gasteiger partial charge >= 0.3 is 0 Å². The molecule has 0 aliphatic carbocycles. The Morgan fingerprint density at radius 3 is 2.91 bits per heavy atom. The third kappa shape index (κ3) is 4.45. The highest BCUT2D eigenvalue weighted by atomic mass is 16.2. The molecule has 0 saturated carbocycles. The Labute approximate surface area is 137 Å². The predicted octanol–water partition coefficient (Wildman–Crippen LogP) is 0.368. The van der Waals surface area contributed by atoms with Gasteiger partial charge < -0.3 is 20.4 Å². The summed E-state index contributed by atoms with van der Waals surface area (Å²) in [6.07, 6.45) is 0.401. The lowest BCUT2D eigenvalue weighted by Crippen LogP contribution is -2.59. The zero-order valence-electron chi connectivity index (χ0n) is 14.1. The summed E-state index contributed by atoms with van der Waals surface area (Å²) in [5, 5.41) is 5.80. The first kappa shape index (κ1) is 17.3. The lowest BCUT2D eigenvalue weighted by molar-refractivity contribution is -0.141. The Bertz CT molecular complexity index is 561. The Balaban J connectivity index is 1.93. The topological polar surface area (TPSA) is 64.7 Å². The van der Waals surface area contributed by atoms with E-state index in [1.807, 2.05) is 19.2 Å². The summed E-state index contributed by atoms with van der Waals surface area (Å²) in [5.41, 5.74) is 2.29. The first-order valence-electron chi connectivity index (χ1n) is 8.02. The summed E-state index contributed by atoms with van der Waals surface area (Å²) in [6, 6.07) is 7.79. The van der Waals surface area contributed by atoms with Gasteiger partial charge in [0.25, 0.3) is 0 Å². The molecule has 23 heavy (non-hydrogen) atoms. The van der Waals surface area contributed by atoms with Gasteiger partial charge in [0.15, 0.2) is 0 Å². The van der Waals surface area contributed by atoms with Gasteiger partial charge in [0.2, 0.25) is 11.8 Å². The minimum absolute atomic E-state index is 0.0274. The molecule has 1 aliphatic rings. The summed E-state index contributed by atoms with van der Waals surface area (Å²) in [6.45, 7) is 4.50. The van der Waals surface area contributed by atoms with Gasteiger partial charge in [-0.3, -0.25) is 9.59 Å². The largest absolute Gasteiger partial charge is 0.374 e. The van der Waals surface area contributed by atoms with E-state index in [2.05, 4.69) is 34.6 Å². The molecule has 0 bridgehead atoms. The average molecular weight is 318 g/mol. The molecule has 6 nitrogen and oxygen atoms in total. The molecule has 0 unspecified atom stereocenters. The van der Waals surface area contributed by atoms with Crippen molar-refractivity contribution in [2.75, 3.05) is 45.2 Å². The molecule has 1 heterocycles. The van der Waals surface area contributed by atoms with Crippen LogP contribution in [0.1, 0.15) is 12.0 Å². The zero-order chi connectivity index (χ0) is 16.8. The minimum atomic E-state index is -0.412. The van der Waals surface area contributed by atoms with Gasteiger partial charge in [0.05, 0.1) is 0 Å². The summed E-state index contributed by atoms with van der Waals surface area (Å²) in [7, 11) is 3.58. The van der Waals surface area contributed by atoms with Gasteiger partial charge in [-0.2, -0.15) is 0 Å². The van der Waals surface area contributed by atoms with Crippen LogP contribution in [0.25, 0.3) is 0 Å². The second kappa shape index (κ2) is 7.97. The molecule has 1 aromatic carbocycles. The molecule has 1 aliphatic heterocycles. The van der Waals surface area contributed by atoms with E-state index in [0.717, 1.165) is 12.2 Å². The number of nitrogens with one attached hydrogen (secondary N) is 2. The number of amides is 2. The van der Waals surface area contributed by atoms with E-state index in [0.29, 0.717) is 26.1 Å². The molecule has 0 aromatic heterocycles. The van der Waals surface area contributed by atoms with E-state index < -0.39 is 6.04 Å². The van der Waals surface area contributed by atoms with Crippen molar-refractivity contribution in [2.24, 2.45) is 0 Å². The number of anilines is 1. The molecule has 2 rings (SSSR count). The van der Waals surface area contributed by atoms with Crippen LogP contribution in [0.5, 0.6) is 0 Å². The van der Waals surface area contributed by atoms with Crippen LogP contribution >= 0.6 is 0 Å². The number of nitrogens with zero attached hydrogens (tertiary/aromatic N) is 2. The molecule has 1 fully saturated rings. The van der Waals surface area contributed by atoms with Crippen LogP contribution < -0.4 is 15.5 Å². The third-order valence-electron chi connectivity index (χ3n) is 4.22. The number of carbonyl (C=O) groups excluding carboxylic acids is 2. The van der Waals surface area contributed by atoms with Crippen molar-refractivity contribution in [1.29, 1.82) is 0 Å². The first-order chi connectivity index (χ1) is 11.0. The van der Waals surface area contributed by atoms with E-state index in [9.17, 15) is 9.59 Å². The quantitative estimate of drug-likeness (QED) is 0.823. The normalized spacial score (nSPS) is 17.7. The van der Waals surface area contributed by atoms with Crippen LogP contribution in [0.3, 0.4) is 0 Å². The smallest absolute Gasteiger partial charge is 0.243 e. The number of carbonyl (C=O) groups is 2. The summed E-state index contributed by atoms with van der Waals surface area (Å²) >= 11 is 0. The Hall–Kier alpha value is -2.08. The van der Waals surface area contributed by atoms with E-state index >= 15 is 0 Å². The van der Waals surface area contributed by atoms with Crippen molar-refractivity contribution in [3.63, 3.8) is 0 Å². The van der Waals surface area contributed by atoms with Crippen LogP contribution in [0.2, 0.25) is 0 Å². The minimum Gasteiger partial charge on any atom is -0.374 e. The standard InChI is InChI=1S/C17H26N4O2/c1-13-5-4-6-14(11-13)20(3)9-7-16(22)21-10-8-19-12-15(21)17(23)18-2/h4-6,11,15,19H,7-10,12H2,1-3H3,(H,18,23)/t15-/m0/s1. The maximum absolute atomic E-state index is 12.5. The van der Waals surface area contributed by atoms with Gasteiger partial charge in [-0.15, -0.1) is 0 Å². The molecular formula is C17H26N4O2. The van der Waals surface area contributed by atoms with Gasteiger partial charge in [0.1, 0.15) is 6.04 Å². The maximum Gasteiger partial charge on any atom is 0.243 e. The second-order valence-corrected chi connectivity index (χ2v) is 5.93. The van der Waals surface area contributed by atoms with Gasteiger partial charge in [0, 0.05) is 52.4 Å². The van der Waals surface area contributed by atoms with Crippen molar-refractivity contribution < 1.29 is 9.59 Å². The van der Waals surface area contributed by atoms with Crippen LogP contribution in [-0.2, 0) is 9.59 Å². The third-order valence-corrected chi connectivity index (χ3v) is 4.22. The van der Waals surface area contributed by atoms with Crippen LogP contribution in [-0.4, -0.2) is 63.0 Å². The molecule has 0 radical (unpaired) electrons. The Kier molecular flexibility index (Phi) is 5.98. The molecule has 2 amide bonds. The number of rotatable bonds is 5. The van der Waals surface area contributed by atoms with Crippen LogP contribution in [0.4, 0.5) is 5.69 Å². The summed E-state index contributed by atoms with van der Waals surface area (Å²) in [4.78, 5) is 28.2. The van der Waals surface area contributed by atoms with E-state index in [-0.39, 0.29) is 11.8 Å².